The van der Waals surface area contributed by atoms with Crippen molar-refractivity contribution in [1.29, 1.82) is 0 Å². The van der Waals surface area contributed by atoms with E-state index in [0.717, 1.165) is 51.4 Å². The molecule has 0 aliphatic rings. The van der Waals surface area contributed by atoms with Crippen molar-refractivity contribution >= 4 is 0 Å². The summed E-state index contributed by atoms with van der Waals surface area (Å²) in [7, 11) is 0. The lowest BCUT2D eigenvalue weighted by molar-refractivity contribution is -0.159. The molecule has 1 aromatic rings. The fraction of sp³-hybridized carbons (Fsp3) is 0.882. The molecule has 0 bridgehead atoms. The Morgan fingerprint density at radius 2 is 1.39 bits per heavy atom. The molecule has 0 spiro atoms. The second-order valence-corrected chi connectivity index (χ2v) is 6.20. The number of rotatable bonds is 12. The van der Waals surface area contributed by atoms with Crippen molar-refractivity contribution in [2.24, 2.45) is 0 Å². The Balaban J connectivity index is 2.56. The highest BCUT2D eigenvalue weighted by atomic mass is 19.4. The number of hydrogen-bond acceptors (Lipinski definition) is 3. The molecule has 1 heterocycles. The highest BCUT2D eigenvalue weighted by Gasteiger charge is 2.39. The normalized spacial score (nSPS) is 13.4. The quantitative estimate of drug-likeness (QED) is 0.409. The molecule has 134 valence electrons. The third-order valence-electron chi connectivity index (χ3n) is 4.11. The van der Waals surface area contributed by atoms with Crippen molar-refractivity contribution in [3.63, 3.8) is 0 Å². The summed E-state index contributed by atoms with van der Waals surface area (Å²) < 4.78 is 42.2. The lowest BCUT2D eigenvalue weighted by Gasteiger charge is -2.13. The lowest BCUT2D eigenvalue weighted by atomic mass is 9.94. The highest BCUT2D eigenvalue weighted by Crippen LogP contribution is 2.31. The first-order valence-corrected chi connectivity index (χ1v) is 8.89. The van der Waals surface area contributed by atoms with Gasteiger partial charge in [0.15, 0.2) is 5.82 Å². The molecular weight excluding hydrogens is 305 g/mol. The summed E-state index contributed by atoms with van der Waals surface area (Å²) in [6, 6.07) is 0. The van der Waals surface area contributed by atoms with Gasteiger partial charge >= 0.3 is 12.1 Å². The van der Waals surface area contributed by atoms with Gasteiger partial charge in [-0.25, -0.2) is 0 Å². The van der Waals surface area contributed by atoms with E-state index in [1.807, 2.05) is 0 Å². The van der Waals surface area contributed by atoms with Gasteiger partial charge in [0, 0.05) is 5.92 Å². The van der Waals surface area contributed by atoms with Gasteiger partial charge in [-0.3, -0.25) is 0 Å². The molecule has 23 heavy (non-hydrogen) atoms. The van der Waals surface area contributed by atoms with Gasteiger partial charge in [0.1, 0.15) is 0 Å². The van der Waals surface area contributed by atoms with Crippen LogP contribution < -0.4 is 0 Å². The van der Waals surface area contributed by atoms with E-state index in [9.17, 15) is 13.2 Å². The monoisotopic (exact) mass is 334 g/mol. The van der Waals surface area contributed by atoms with Gasteiger partial charge in [-0.15, -0.1) is 0 Å². The molecule has 1 unspecified atom stereocenters. The van der Waals surface area contributed by atoms with Crippen LogP contribution in [0.2, 0.25) is 0 Å². The van der Waals surface area contributed by atoms with Crippen LogP contribution >= 0.6 is 0 Å². The molecule has 1 aromatic heterocycles. The third kappa shape index (κ3) is 7.84. The van der Waals surface area contributed by atoms with E-state index in [1.54, 1.807) is 0 Å². The van der Waals surface area contributed by atoms with Crippen molar-refractivity contribution in [1.82, 2.24) is 10.1 Å². The van der Waals surface area contributed by atoms with Crippen LogP contribution in [0.15, 0.2) is 4.52 Å². The fourth-order valence-corrected chi connectivity index (χ4v) is 2.73. The molecule has 3 nitrogen and oxygen atoms in total. The number of nitrogens with zero attached hydrogens (tertiary/aromatic N) is 2. The number of unbranched alkanes of at least 4 members (excludes halogenated alkanes) is 7. The maximum atomic E-state index is 12.6. The van der Waals surface area contributed by atoms with Crippen molar-refractivity contribution < 1.29 is 17.7 Å². The van der Waals surface area contributed by atoms with E-state index < -0.39 is 12.1 Å². The van der Waals surface area contributed by atoms with Crippen LogP contribution in [0.3, 0.4) is 0 Å². The summed E-state index contributed by atoms with van der Waals surface area (Å²) in [5.41, 5.74) is 0. The molecule has 0 saturated carbocycles. The Morgan fingerprint density at radius 1 is 0.870 bits per heavy atom. The average molecular weight is 334 g/mol. The van der Waals surface area contributed by atoms with Crippen molar-refractivity contribution in [2.45, 2.75) is 96.6 Å². The zero-order valence-corrected chi connectivity index (χ0v) is 14.3. The Hall–Kier alpha value is -1.07. The van der Waals surface area contributed by atoms with E-state index in [-0.39, 0.29) is 11.7 Å². The molecular formula is C17H29F3N2O. The van der Waals surface area contributed by atoms with Crippen LogP contribution in [0.4, 0.5) is 13.2 Å². The Labute approximate surface area is 137 Å². The SMILES string of the molecule is CCCCCCCC(CCCCCC)c1noc(C(F)(F)F)n1. The van der Waals surface area contributed by atoms with E-state index in [0.29, 0.717) is 0 Å². The summed E-state index contributed by atoms with van der Waals surface area (Å²) in [6.07, 6.45) is 7.22. The number of hydrogen-bond donors (Lipinski definition) is 0. The first-order valence-electron chi connectivity index (χ1n) is 8.89. The zero-order valence-electron chi connectivity index (χ0n) is 14.3. The van der Waals surface area contributed by atoms with Gasteiger partial charge in [0.05, 0.1) is 0 Å². The van der Waals surface area contributed by atoms with Crippen molar-refractivity contribution in [2.75, 3.05) is 0 Å². The molecule has 0 aliphatic carbocycles. The summed E-state index contributed by atoms with van der Waals surface area (Å²) in [5, 5.41) is 3.59. The minimum atomic E-state index is -4.56. The third-order valence-corrected chi connectivity index (χ3v) is 4.11. The maximum Gasteiger partial charge on any atom is 0.471 e. The molecule has 0 amide bonds. The highest BCUT2D eigenvalue weighted by molar-refractivity contribution is 4.97. The molecule has 6 heteroatoms. The minimum Gasteiger partial charge on any atom is -0.329 e. The van der Waals surface area contributed by atoms with Gasteiger partial charge < -0.3 is 4.52 Å². The Bertz CT molecular complexity index is 418. The standard InChI is InChI=1S/C17H29F3N2O/c1-3-5-7-9-11-13-14(12-10-8-6-4-2)15-21-16(23-22-15)17(18,19)20/h14H,3-13H2,1-2H3. The summed E-state index contributed by atoms with van der Waals surface area (Å²) in [4.78, 5) is 3.59. The molecule has 0 fully saturated rings. The van der Waals surface area contributed by atoms with E-state index >= 15 is 0 Å². The van der Waals surface area contributed by atoms with E-state index in [4.69, 9.17) is 0 Å². The minimum absolute atomic E-state index is 0.0201. The largest absolute Gasteiger partial charge is 0.471 e. The van der Waals surface area contributed by atoms with Gasteiger partial charge in [-0.05, 0) is 12.8 Å². The predicted molar refractivity (Wildman–Crippen MR) is 84.2 cm³/mol. The van der Waals surface area contributed by atoms with Crippen LogP contribution in [0.1, 0.15) is 102 Å². The number of alkyl halides is 3. The van der Waals surface area contributed by atoms with Crippen LogP contribution in [0, 0.1) is 0 Å². The molecule has 0 aromatic carbocycles. The molecule has 1 rings (SSSR count). The summed E-state index contributed by atoms with van der Waals surface area (Å²) in [5.74, 6) is -1.02. The average Bonchev–Trinajstić information content (AvgIpc) is 2.99. The maximum absolute atomic E-state index is 12.6. The molecule has 1 atom stereocenters. The van der Waals surface area contributed by atoms with Gasteiger partial charge in [-0.2, -0.15) is 18.2 Å². The molecule has 0 N–H and O–H groups in total. The van der Waals surface area contributed by atoms with Crippen molar-refractivity contribution in [3.05, 3.63) is 11.7 Å². The number of aromatic nitrogens is 2. The van der Waals surface area contributed by atoms with Crippen LogP contribution in [0.5, 0.6) is 0 Å². The topological polar surface area (TPSA) is 38.9 Å². The predicted octanol–water partition coefficient (Wildman–Crippen LogP) is 6.50. The fourth-order valence-electron chi connectivity index (χ4n) is 2.73. The first-order chi connectivity index (χ1) is 11.0. The van der Waals surface area contributed by atoms with Gasteiger partial charge in [-0.1, -0.05) is 76.8 Å². The molecule has 0 saturated heterocycles. The summed E-state index contributed by atoms with van der Waals surface area (Å²) >= 11 is 0. The molecule has 0 radical (unpaired) electrons. The smallest absolute Gasteiger partial charge is 0.329 e. The lowest BCUT2D eigenvalue weighted by Crippen LogP contribution is -2.07. The second kappa shape index (κ2) is 10.7. The summed E-state index contributed by atoms with van der Waals surface area (Å²) in [6.45, 7) is 4.30. The molecule has 0 aliphatic heterocycles. The second-order valence-electron chi connectivity index (χ2n) is 6.20. The first kappa shape index (κ1) is 20.0. The van der Waals surface area contributed by atoms with E-state index in [1.165, 1.54) is 19.3 Å². The Morgan fingerprint density at radius 3 is 1.87 bits per heavy atom. The van der Waals surface area contributed by atoms with Gasteiger partial charge in [0.25, 0.3) is 0 Å². The van der Waals surface area contributed by atoms with Crippen LogP contribution in [-0.4, -0.2) is 10.1 Å². The van der Waals surface area contributed by atoms with E-state index in [2.05, 4.69) is 28.5 Å². The van der Waals surface area contributed by atoms with Crippen molar-refractivity contribution in [3.8, 4) is 0 Å². The van der Waals surface area contributed by atoms with Gasteiger partial charge in [0.2, 0.25) is 0 Å². The van der Waals surface area contributed by atoms with Crippen LogP contribution in [0.25, 0.3) is 0 Å². The number of halogens is 3. The van der Waals surface area contributed by atoms with Crippen LogP contribution in [-0.2, 0) is 6.18 Å². The zero-order chi connectivity index (χ0) is 17.1. The Kier molecular flexibility index (Phi) is 9.26.